The second kappa shape index (κ2) is 9.04. The maximum absolute atomic E-state index is 13.0. The van der Waals surface area contributed by atoms with Gasteiger partial charge in [-0.1, -0.05) is 17.7 Å². The summed E-state index contributed by atoms with van der Waals surface area (Å²) in [5.41, 5.74) is 2.05. The van der Waals surface area contributed by atoms with Crippen molar-refractivity contribution in [1.29, 1.82) is 0 Å². The summed E-state index contributed by atoms with van der Waals surface area (Å²) in [4.78, 5) is 30.7. The summed E-state index contributed by atoms with van der Waals surface area (Å²) in [6.45, 7) is 5.71. The van der Waals surface area contributed by atoms with Crippen molar-refractivity contribution >= 4 is 40.4 Å². The lowest BCUT2D eigenvalue weighted by atomic mass is 10.1. The van der Waals surface area contributed by atoms with Crippen LogP contribution in [0.3, 0.4) is 0 Å². The third-order valence-corrected chi connectivity index (χ3v) is 6.36. The van der Waals surface area contributed by atoms with E-state index in [9.17, 15) is 9.59 Å². The van der Waals surface area contributed by atoms with Crippen LogP contribution >= 0.6 is 22.9 Å². The predicted octanol–water partition coefficient (Wildman–Crippen LogP) is 4.51. The van der Waals surface area contributed by atoms with Crippen molar-refractivity contribution in [2.75, 3.05) is 31.5 Å². The molecule has 3 aromatic rings. The minimum Gasteiger partial charge on any atom is -0.459 e. The Kier molecular flexibility index (Phi) is 6.22. The highest BCUT2D eigenvalue weighted by Gasteiger charge is 2.23. The lowest BCUT2D eigenvalue weighted by Crippen LogP contribution is -2.48. The summed E-state index contributed by atoms with van der Waals surface area (Å²) in [5, 5.41) is 2.83. The van der Waals surface area contributed by atoms with Gasteiger partial charge in [0.15, 0.2) is 5.76 Å². The first kappa shape index (κ1) is 20.7. The van der Waals surface area contributed by atoms with Gasteiger partial charge in [0.05, 0.1) is 10.6 Å². The van der Waals surface area contributed by atoms with Crippen molar-refractivity contribution in [1.82, 2.24) is 9.80 Å². The van der Waals surface area contributed by atoms with Gasteiger partial charge in [-0.15, -0.1) is 11.3 Å². The molecular weight excluding hydrogens is 422 g/mol. The Hall–Kier alpha value is -2.61. The number of carbonyl (C=O) groups excluding carboxylic acids is 2. The third-order valence-electron chi connectivity index (χ3n) is 5.15. The maximum atomic E-state index is 13.0. The summed E-state index contributed by atoms with van der Waals surface area (Å²) >= 11 is 7.60. The van der Waals surface area contributed by atoms with Gasteiger partial charge in [-0.3, -0.25) is 14.5 Å². The highest BCUT2D eigenvalue weighted by atomic mass is 35.5. The van der Waals surface area contributed by atoms with Gasteiger partial charge in [0.25, 0.3) is 11.8 Å². The molecule has 1 saturated heterocycles. The molecule has 0 spiro atoms. The lowest BCUT2D eigenvalue weighted by molar-refractivity contribution is 0.0629. The Morgan fingerprint density at radius 3 is 2.60 bits per heavy atom. The average Bonchev–Trinajstić information content (AvgIpc) is 3.42. The van der Waals surface area contributed by atoms with Crippen LogP contribution in [0.5, 0.6) is 0 Å². The van der Waals surface area contributed by atoms with Crippen LogP contribution in [0.1, 0.15) is 31.4 Å². The number of aryl methyl sites for hydroxylation is 1. The zero-order chi connectivity index (χ0) is 21.1. The number of thiophene rings is 1. The highest BCUT2D eigenvalue weighted by molar-refractivity contribution is 7.16. The molecule has 1 aliphatic rings. The van der Waals surface area contributed by atoms with Crippen molar-refractivity contribution in [2.45, 2.75) is 13.5 Å². The van der Waals surface area contributed by atoms with Gasteiger partial charge < -0.3 is 14.6 Å². The Balaban J connectivity index is 1.38. The Morgan fingerprint density at radius 1 is 1.13 bits per heavy atom. The van der Waals surface area contributed by atoms with E-state index in [1.165, 1.54) is 11.1 Å². The van der Waals surface area contributed by atoms with Gasteiger partial charge in [-0.05, 0) is 48.9 Å². The molecule has 4 rings (SSSR count). The van der Waals surface area contributed by atoms with Crippen LogP contribution in [0.15, 0.2) is 53.1 Å². The van der Waals surface area contributed by atoms with Crippen LogP contribution in [0.2, 0.25) is 4.34 Å². The summed E-state index contributed by atoms with van der Waals surface area (Å²) in [6.07, 6.45) is 1.45. The first-order chi connectivity index (χ1) is 14.5. The standard InChI is InChI=1S/C22H22ClN3O3S/c1-15-4-5-16(13-18(15)24-21(27)19-3-2-12-29-19)22(28)26-10-8-25(9-11-26)14-17-6-7-20(23)30-17/h2-7,12-13H,8-11,14H2,1H3,(H,24,27). The van der Waals surface area contributed by atoms with E-state index < -0.39 is 0 Å². The van der Waals surface area contributed by atoms with Crippen molar-refractivity contribution in [3.8, 4) is 0 Å². The van der Waals surface area contributed by atoms with Crippen LogP contribution in [-0.4, -0.2) is 47.8 Å². The van der Waals surface area contributed by atoms with Crippen LogP contribution in [-0.2, 0) is 6.54 Å². The first-order valence-electron chi connectivity index (χ1n) is 9.71. The van der Waals surface area contributed by atoms with E-state index in [2.05, 4.69) is 16.3 Å². The Morgan fingerprint density at radius 2 is 1.93 bits per heavy atom. The topological polar surface area (TPSA) is 65.8 Å². The molecule has 0 aliphatic carbocycles. The molecule has 1 aliphatic heterocycles. The molecule has 0 atom stereocenters. The fourth-order valence-electron chi connectivity index (χ4n) is 3.43. The van der Waals surface area contributed by atoms with E-state index in [1.807, 2.05) is 24.0 Å². The quantitative estimate of drug-likeness (QED) is 0.630. The number of anilines is 1. The van der Waals surface area contributed by atoms with E-state index in [-0.39, 0.29) is 17.6 Å². The van der Waals surface area contributed by atoms with Crippen molar-refractivity contribution in [3.63, 3.8) is 0 Å². The van der Waals surface area contributed by atoms with Gasteiger partial charge >= 0.3 is 0 Å². The number of halogens is 1. The van der Waals surface area contributed by atoms with E-state index in [4.69, 9.17) is 16.0 Å². The van der Waals surface area contributed by atoms with E-state index in [0.717, 1.165) is 29.5 Å². The summed E-state index contributed by atoms with van der Waals surface area (Å²) in [7, 11) is 0. The molecular formula is C22H22ClN3O3S. The second-order valence-electron chi connectivity index (χ2n) is 7.24. The first-order valence-corrected chi connectivity index (χ1v) is 10.9. The molecule has 2 amide bonds. The largest absolute Gasteiger partial charge is 0.459 e. The van der Waals surface area contributed by atoms with E-state index in [0.29, 0.717) is 24.3 Å². The zero-order valence-electron chi connectivity index (χ0n) is 16.6. The molecule has 156 valence electrons. The highest BCUT2D eigenvalue weighted by Crippen LogP contribution is 2.24. The monoisotopic (exact) mass is 443 g/mol. The SMILES string of the molecule is Cc1ccc(C(=O)N2CCN(Cc3ccc(Cl)s3)CC2)cc1NC(=O)c1ccco1. The van der Waals surface area contributed by atoms with Gasteiger partial charge in [-0.2, -0.15) is 0 Å². The third kappa shape index (κ3) is 4.75. The maximum Gasteiger partial charge on any atom is 0.291 e. The Bertz CT molecular complexity index is 1040. The molecule has 0 radical (unpaired) electrons. The normalized spacial score (nSPS) is 14.7. The molecule has 6 nitrogen and oxygen atoms in total. The number of piperazine rings is 1. The van der Waals surface area contributed by atoms with E-state index in [1.54, 1.807) is 35.6 Å². The van der Waals surface area contributed by atoms with Gasteiger partial charge in [0, 0.05) is 48.9 Å². The molecule has 0 bridgehead atoms. The van der Waals surface area contributed by atoms with Crippen LogP contribution in [0, 0.1) is 6.92 Å². The predicted molar refractivity (Wildman–Crippen MR) is 118 cm³/mol. The summed E-state index contributed by atoms with van der Waals surface area (Å²) in [5.74, 6) is -0.133. The molecule has 3 heterocycles. The molecule has 30 heavy (non-hydrogen) atoms. The number of amides is 2. The van der Waals surface area contributed by atoms with Gasteiger partial charge in [-0.25, -0.2) is 0 Å². The van der Waals surface area contributed by atoms with Crippen LogP contribution in [0.4, 0.5) is 5.69 Å². The molecule has 0 unspecified atom stereocenters. The number of benzene rings is 1. The summed E-state index contributed by atoms with van der Waals surface area (Å²) < 4.78 is 5.93. The fraction of sp³-hybridized carbons (Fsp3) is 0.273. The minimum atomic E-state index is -0.338. The number of nitrogens with zero attached hydrogens (tertiary/aromatic N) is 2. The van der Waals surface area contributed by atoms with Gasteiger partial charge in [0.1, 0.15) is 0 Å². The van der Waals surface area contributed by atoms with Crippen molar-refractivity contribution in [2.24, 2.45) is 0 Å². The average molecular weight is 444 g/mol. The second-order valence-corrected chi connectivity index (χ2v) is 9.03. The fourth-order valence-corrected chi connectivity index (χ4v) is 4.56. The molecule has 0 saturated carbocycles. The zero-order valence-corrected chi connectivity index (χ0v) is 18.1. The number of hydrogen-bond donors (Lipinski definition) is 1. The van der Waals surface area contributed by atoms with E-state index >= 15 is 0 Å². The number of carbonyl (C=O) groups is 2. The molecule has 1 N–H and O–H groups in total. The van der Waals surface area contributed by atoms with Crippen molar-refractivity contribution < 1.29 is 14.0 Å². The number of nitrogens with one attached hydrogen (secondary N) is 1. The summed E-state index contributed by atoms with van der Waals surface area (Å²) in [6, 6.07) is 12.6. The number of furan rings is 1. The number of rotatable bonds is 5. The minimum absolute atomic E-state index is 0.0256. The Labute approximate surface area is 184 Å². The lowest BCUT2D eigenvalue weighted by Gasteiger charge is -2.34. The molecule has 1 aromatic carbocycles. The van der Waals surface area contributed by atoms with Gasteiger partial charge in [0.2, 0.25) is 0 Å². The van der Waals surface area contributed by atoms with Crippen LogP contribution < -0.4 is 5.32 Å². The molecule has 1 fully saturated rings. The number of hydrogen-bond acceptors (Lipinski definition) is 5. The smallest absolute Gasteiger partial charge is 0.291 e. The molecule has 2 aromatic heterocycles. The molecule has 8 heteroatoms. The van der Waals surface area contributed by atoms with Crippen molar-refractivity contribution in [3.05, 3.63) is 74.8 Å². The van der Waals surface area contributed by atoms with Crippen LogP contribution in [0.25, 0.3) is 0 Å².